The number of rotatable bonds is 4. The van der Waals surface area contributed by atoms with E-state index in [0.29, 0.717) is 12.4 Å². The van der Waals surface area contributed by atoms with Crippen LogP contribution in [0.2, 0.25) is 0 Å². The van der Waals surface area contributed by atoms with Crippen molar-refractivity contribution < 1.29 is 19.1 Å². The first-order valence-corrected chi connectivity index (χ1v) is 5.16. The van der Waals surface area contributed by atoms with Gasteiger partial charge in [0.1, 0.15) is 18.1 Å². The maximum absolute atomic E-state index is 10.8. The third kappa shape index (κ3) is 2.66. The van der Waals surface area contributed by atoms with Gasteiger partial charge in [0, 0.05) is 0 Å². The van der Waals surface area contributed by atoms with Crippen LogP contribution < -0.4 is 4.74 Å². The Balaban J connectivity index is 2.09. The third-order valence-corrected chi connectivity index (χ3v) is 2.37. The second-order valence-corrected chi connectivity index (χ2v) is 3.65. The van der Waals surface area contributed by atoms with Crippen LogP contribution in [0.5, 0.6) is 5.75 Å². The average molecular weight is 232 g/mol. The fourth-order valence-electron chi connectivity index (χ4n) is 1.49. The van der Waals surface area contributed by atoms with Gasteiger partial charge >= 0.3 is 5.97 Å². The molecule has 0 saturated carbocycles. The van der Waals surface area contributed by atoms with Gasteiger partial charge in [0.25, 0.3) is 0 Å². The Morgan fingerprint density at radius 3 is 2.82 bits per heavy atom. The first kappa shape index (κ1) is 11.3. The first-order valence-electron chi connectivity index (χ1n) is 5.16. The Labute approximate surface area is 98.4 Å². The van der Waals surface area contributed by atoms with Crippen LogP contribution in [0.25, 0.3) is 0 Å². The molecule has 4 nitrogen and oxygen atoms in total. The molecule has 0 radical (unpaired) electrons. The van der Waals surface area contributed by atoms with E-state index in [0.717, 1.165) is 11.3 Å². The van der Waals surface area contributed by atoms with Crippen LogP contribution in [-0.4, -0.2) is 11.1 Å². The lowest BCUT2D eigenvalue weighted by molar-refractivity contribution is 0.0696. The summed E-state index contributed by atoms with van der Waals surface area (Å²) in [6, 6.07) is 8.37. The predicted octanol–water partition coefficient (Wildman–Crippen LogP) is 2.87. The molecule has 0 spiro atoms. The minimum Gasteiger partial charge on any atom is -0.485 e. The van der Waals surface area contributed by atoms with Gasteiger partial charge in [-0.05, 0) is 42.8 Å². The summed E-state index contributed by atoms with van der Waals surface area (Å²) < 4.78 is 10.7. The maximum atomic E-state index is 10.8. The fourth-order valence-corrected chi connectivity index (χ4v) is 1.49. The van der Waals surface area contributed by atoms with Gasteiger partial charge in [-0.2, -0.15) is 0 Å². The molecule has 1 N–H and O–H groups in total. The number of aromatic carboxylic acids is 1. The van der Waals surface area contributed by atoms with Crippen molar-refractivity contribution in [3.05, 3.63) is 53.5 Å². The molecular weight excluding hydrogens is 220 g/mol. The van der Waals surface area contributed by atoms with Crippen LogP contribution >= 0.6 is 0 Å². The van der Waals surface area contributed by atoms with Crippen LogP contribution in [0.15, 0.2) is 41.0 Å². The minimum atomic E-state index is -0.939. The molecule has 2 aromatic rings. The van der Waals surface area contributed by atoms with E-state index in [1.165, 1.54) is 6.07 Å². The predicted molar refractivity (Wildman–Crippen MR) is 61.2 cm³/mol. The quantitative estimate of drug-likeness (QED) is 0.880. The van der Waals surface area contributed by atoms with Gasteiger partial charge in [0.15, 0.2) is 0 Å². The Kier molecular flexibility index (Phi) is 3.14. The number of carboxylic acids is 1. The van der Waals surface area contributed by atoms with Gasteiger partial charge in [0.05, 0.1) is 11.8 Å². The lowest BCUT2D eigenvalue weighted by Crippen LogP contribution is -1.99. The molecule has 88 valence electrons. The van der Waals surface area contributed by atoms with E-state index in [1.807, 2.05) is 13.0 Å². The average Bonchev–Trinajstić information content (AvgIpc) is 2.80. The highest BCUT2D eigenvalue weighted by Crippen LogP contribution is 2.20. The standard InChI is InChI=1S/C13H12O4/c1-9-7-10(13(14)15)4-5-12(9)17-8-11-3-2-6-16-11/h2-7H,8H2,1H3,(H,14,15). The molecule has 0 fully saturated rings. The Morgan fingerprint density at radius 1 is 1.41 bits per heavy atom. The van der Waals surface area contributed by atoms with Crippen molar-refractivity contribution >= 4 is 5.97 Å². The van der Waals surface area contributed by atoms with Crippen LogP contribution in [0.4, 0.5) is 0 Å². The zero-order chi connectivity index (χ0) is 12.3. The second-order valence-electron chi connectivity index (χ2n) is 3.65. The monoisotopic (exact) mass is 232 g/mol. The number of benzene rings is 1. The molecule has 0 saturated heterocycles. The summed E-state index contributed by atoms with van der Waals surface area (Å²) in [6.07, 6.45) is 1.58. The highest BCUT2D eigenvalue weighted by Gasteiger charge is 2.07. The van der Waals surface area contributed by atoms with Crippen molar-refractivity contribution in [2.45, 2.75) is 13.5 Å². The van der Waals surface area contributed by atoms with Gasteiger partial charge < -0.3 is 14.3 Å². The van der Waals surface area contributed by atoms with Crippen molar-refractivity contribution in [3.8, 4) is 5.75 Å². The van der Waals surface area contributed by atoms with Gasteiger partial charge in [-0.1, -0.05) is 0 Å². The Bertz CT molecular complexity index is 514. The number of ether oxygens (including phenoxy) is 1. The summed E-state index contributed by atoms with van der Waals surface area (Å²) in [5.41, 5.74) is 1.05. The largest absolute Gasteiger partial charge is 0.485 e. The van der Waals surface area contributed by atoms with Gasteiger partial charge in [-0.15, -0.1) is 0 Å². The summed E-state index contributed by atoms with van der Waals surface area (Å²) in [6.45, 7) is 2.14. The zero-order valence-electron chi connectivity index (χ0n) is 9.34. The molecule has 0 bridgehead atoms. The van der Waals surface area contributed by atoms with Crippen LogP contribution in [-0.2, 0) is 6.61 Å². The molecule has 1 aromatic carbocycles. The lowest BCUT2D eigenvalue weighted by atomic mass is 10.1. The fraction of sp³-hybridized carbons (Fsp3) is 0.154. The summed E-state index contributed by atoms with van der Waals surface area (Å²) in [5, 5.41) is 8.82. The number of hydrogen-bond donors (Lipinski definition) is 1. The van der Waals surface area contributed by atoms with E-state index in [9.17, 15) is 4.79 Å². The lowest BCUT2D eigenvalue weighted by Gasteiger charge is -2.08. The van der Waals surface area contributed by atoms with Gasteiger partial charge in [0.2, 0.25) is 0 Å². The number of carbonyl (C=O) groups is 1. The number of furan rings is 1. The molecular formula is C13H12O4. The molecule has 0 aliphatic carbocycles. The van der Waals surface area contributed by atoms with Gasteiger partial charge in [-0.25, -0.2) is 4.79 Å². The molecule has 1 heterocycles. The summed E-state index contributed by atoms with van der Waals surface area (Å²) in [5.74, 6) is 0.448. The summed E-state index contributed by atoms with van der Waals surface area (Å²) >= 11 is 0. The topological polar surface area (TPSA) is 59.7 Å². The van der Waals surface area contributed by atoms with Crippen LogP contribution in [0, 0.1) is 6.92 Å². The molecule has 0 unspecified atom stereocenters. The van der Waals surface area contributed by atoms with E-state index in [4.69, 9.17) is 14.3 Å². The summed E-state index contributed by atoms with van der Waals surface area (Å²) in [7, 11) is 0. The maximum Gasteiger partial charge on any atom is 0.335 e. The van der Waals surface area contributed by atoms with E-state index in [-0.39, 0.29) is 5.56 Å². The Morgan fingerprint density at radius 2 is 2.24 bits per heavy atom. The van der Waals surface area contributed by atoms with Crippen molar-refractivity contribution in [1.29, 1.82) is 0 Å². The Hall–Kier alpha value is -2.23. The minimum absolute atomic E-state index is 0.257. The number of hydrogen-bond acceptors (Lipinski definition) is 3. The highest BCUT2D eigenvalue weighted by atomic mass is 16.5. The number of aryl methyl sites for hydroxylation is 1. The highest BCUT2D eigenvalue weighted by molar-refractivity contribution is 5.88. The van der Waals surface area contributed by atoms with E-state index in [1.54, 1.807) is 24.5 Å². The van der Waals surface area contributed by atoms with Gasteiger partial charge in [-0.3, -0.25) is 0 Å². The molecule has 1 aromatic heterocycles. The van der Waals surface area contributed by atoms with E-state index < -0.39 is 5.97 Å². The van der Waals surface area contributed by atoms with E-state index in [2.05, 4.69) is 0 Å². The molecule has 0 atom stereocenters. The molecule has 2 rings (SSSR count). The molecule has 4 heteroatoms. The number of carboxylic acid groups (broad SMARTS) is 1. The normalized spacial score (nSPS) is 10.2. The first-order chi connectivity index (χ1) is 8.16. The molecule has 17 heavy (non-hydrogen) atoms. The third-order valence-electron chi connectivity index (χ3n) is 2.37. The molecule has 0 aliphatic heterocycles. The van der Waals surface area contributed by atoms with Crippen LogP contribution in [0.1, 0.15) is 21.7 Å². The molecule has 0 aliphatic rings. The summed E-state index contributed by atoms with van der Waals surface area (Å²) in [4.78, 5) is 10.8. The van der Waals surface area contributed by atoms with Crippen molar-refractivity contribution in [3.63, 3.8) is 0 Å². The SMILES string of the molecule is Cc1cc(C(=O)O)ccc1OCc1ccco1. The van der Waals surface area contributed by atoms with Crippen molar-refractivity contribution in [1.82, 2.24) is 0 Å². The smallest absolute Gasteiger partial charge is 0.335 e. The van der Waals surface area contributed by atoms with Crippen molar-refractivity contribution in [2.24, 2.45) is 0 Å². The zero-order valence-corrected chi connectivity index (χ0v) is 9.34. The van der Waals surface area contributed by atoms with Crippen molar-refractivity contribution in [2.75, 3.05) is 0 Å². The molecule has 0 amide bonds. The second kappa shape index (κ2) is 4.74. The van der Waals surface area contributed by atoms with Crippen LogP contribution in [0.3, 0.4) is 0 Å². The van der Waals surface area contributed by atoms with E-state index >= 15 is 0 Å².